The van der Waals surface area contributed by atoms with Crippen molar-refractivity contribution >= 4 is 5.82 Å². The number of hydrogen-bond acceptors (Lipinski definition) is 8. The Morgan fingerprint density at radius 2 is 1.87 bits per heavy atom. The van der Waals surface area contributed by atoms with E-state index < -0.39 is 6.61 Å². The highest BCUT2D eigenvalue weighted by Gasteiger charge is 2.16. The van der Waals surface area contributed by atoms with E-state index in [4.69, 9.17) is 4.52 Å². The second-order valence-electron chi connectivity index (χ2n) is 8.91. The van der Waals surface area contributed by atoms with E-state index in [-0.39, 0.29) is 11.6 Å². The Hall–Kier alpha value is -4.61. The summed E-state index contributed by atoms with van der Waals surface area (Å²) in [6, 6.07) is 11.9. The highest BCUT2D eigenvalue weighted by Crippen LogP contribution is 2.25. The number of benzene rings is 1. The van der Waals surface area contributed by atoms with Crippen molar-refractivity contribution in [1.29, 1.82) is 0 Å². The summed E-state index contributed by atoms with van der Waals surface area (Å²) in [4.78, 5) is 11.1. The van der Waals surface area contributed by atoms with Gasteiger partial charge in [-0.25, -0.2) is 4.98 Å². The lowest BCUT2D eigenvalue weighted by atomic mass is 10.2. The summed E-state index contributed by atoms with van der Waals surface area (Å²) in [5.74, 6) is 1.50. The number of rotatable bonds is 9. The molecule has 5 rings (SSSR count). The molecule has 0 spiro atoms. The summed E-state index contributed by atoms with van der Waals surface area (Å²) < 4.78 is 38.2. The molecule has 0 aliphatic carbocycles. The summed E-state index contributed by atoms with van der Waals surface area (Å²) in [5.41, 5.74) is 5.34. The lowest BCUT2D eigenvalue weighted by molar-refractivity contribution is -0.0498. The van der Waals surface area contributed by atoms with Gasteiger partial charge >= 0.3 is 6.61 Å². The predicted octanol–water partition coefficient (Wildman–Crippen LogP) is 4.63. The molecule has 0 aliphatic rings. The second kappa shape index (κ2) is 10.4. The maximum Gasteiger partial charge on any atom is 0.387 e. The van der Waals surface area contributed by atoms with Crippen LogP contribution < -0.4 is 9.64 Å². The Labute approximate surface area is 217 Å². The fourth-order valence-corrected chi connectivity index (χ4v) is 3.95. The fraction of sp³-hybridized carbons (Fsp3) is 0.269. The number of anilines is 1. The average molecular weight is 521 g/mol. The maximum absolute atomic E-state index is 12.4. The van der Waals surface area contributed by atoms with Crippen molar-refractivity contribution < 1.29 is 18.0 Å². The largest absolute Gasteiger partial charge is 0.435 e. The van der Waals surface area contributed by atoms with E-state index in [0.717, 1.165) is 28.3 Å². The first-order valence-electron chi connectivity index (χ1n) is 11.8. The molecule has 0 radical (unpaired) electrons. The molecule has 196 valence electrons. The predicted molar refractivity (Wildman–Crippen MR) is 136 cm³/mol. The summed E-state index contributed by atoms with van der Waals surface area (Å²) in [7, 11) is 3.93. The third kappa shape index (κ3) is 5.38. The van der Waals surface area contributed by atoms with Gasteiger partial charge < -0.3 is 14.2 Å². The van der Waals surface area contributed by atoms with Crippen LogP contribution in [0.4, 0.5) is 14.6 Å². The molecule has 0 N–H and O–H groups in total. The number of nitrogens with zero attached hydrogens (tertiary/aromatic N) is 8. The van der Waals surface area contributed by atoms with E-state index in [1.165, 1.54) is 12.1 Å². The highest BCUT2D eigenvalue weighted by atomic mass is 19.3. The van der Waals surface area contributed by atoms with Gasteiger partial charge in [-0.2, -0.15) is 24.0 Å². The molecule has 10 nitrogen and oxygen atoms in total. The third-order valence-corrected chi connectivity index (χ3v) is 6.24. The van der Waals surface area contributed by atoms with E-state index in [9.17, 15) is 8.78 Å². The van der Waals surface area contributed by atoms with Gasteiger partial charge in [0.2, 0.25) is 5.82 Å². The molecule has 0 fully saturated rings. The third-order valence-electron chi connectivity index (χ3n) is 6.24. The molecule has 0 bridgehead atoms. The molecule has 4 heterocycles. The van der Waals surface area contributed by atoms with Crippen molar-refractivity contribution in [2.45, 2.75) is 33.5 Å². The molecule has 1 aromatic carbocycles. The Balaban J connectivity index is 1.25. The van der Waals surface area contributed by atoms with Gasteiger partial charge in [0.15, 0.2) is 5.69 Å². The standard InChI is InChI=1S/C26H26F2N8O2/c1-16-11-22(25-31-24(33-38-25)19-6-8-21(9-7-19)37-26(27)28)32-36(16)14-18-5-10-23(29-12-18)34(3)15-20-13-30-35(4)17(20)2/h5-13,26H,14-15H2,1-4H3. The summed E-state index contributed by atoms with van der Waals surface area (Å²) in [5, 5.41) is 12.9. The van der Waals surface area contributed by atoms with E-state index >= 15 is 0 Å². The number of ether oxygens (including phenoxy) is 1. The van der Waals surface area contributed by atoms with E-state index in [1.54, 1.807) is 12.1 Å². The zero-order valence-corrected chi connectivity index (χ0v) is 21.3. The van der Waals surface area contributed by atoms with Crippen molar-refractivity contribution in [2.75, 3.05) is 11.9 Å². The first-order chi connectivity index (χ1) is 18.3. The van der Waals surface area contributed by atoms with Crippen LogP contribution in [0.2, 0.25) is 0 Å². The van der Waals surface area contributed by atoms with Crippen LogP contribution >= 0.6 is 0 Å². The van der Waals surface area contributed by atoms with Crippen LogP contribution in [0.5, 0.6) is 5.75 Å². The molecule has 12 heteroatoms. The minimum atomic E-state index is -2.88. The quantitative estimate of drug-likeness (QED) is 0.277. The van der Waals surface area contributed by atoms with Gasteiger partial charge in [0.1, 0.15) is 11.6 Å². The van der Waals surface area contributed by atoms with Crippen molar-refractivity contribution in [1.82, 2.24) is 34.7 Å². The Morgan fingerprint density at radius 1 is 1.08 bits per heavy atom. The zero-order valence-electron chi connectivity index (χ0n) is 21.3. The van der Waals surface area contributed by atoms with Gasteiger partial charge in [-0.3, -0.25) is 9.36 Å². The number of aryl methyl sites for hydroxylation is 2. The number of hydrogen-bond donors (Lipinski definition) is 0. The normalized spacial score (nSPS) is 11.3. The van der Waals surface area contributed by atoms with Crippen LogP contribution in [0, 0.1) is 13.8 Å². The SMILES string of the molecule is Cc1c(CN(C)c2ccc(Cn3nc(-c4nc(-c5ccc(OC(F)F)cc5)no4)cc3C)cn2)cnn1C. The van der Waals surface area contributed by atoms with Gasteiger partial charge in [0.05, 0.1) is 12.7 Å². The lowest BCUT2D eigenvalue weighted by Gasteiger charge is -2.18. The number of aromatic nitrogens is 7. The molecular formula is C26H26F2N8O2. The Bertz CT molecular complexity index is 1520. The lowest BCUT2D eigenvalue weighted by Crippen LogP contribution is -2.18. The highest BCUT2D eigenvalue weighted by molar-refractivity contribution is 5.59. The summed E-state index contributed by atoms with van der Waals surface area (Å²) >= 11 is 0. The fourth-order valence-electron chi connectivity index (χ4n) is 3.95. The molecule has 5 aromatic rings. The maximum atomic E-state index is 12.4. The monoisotopic (exact) mass is 520 g/mol. The zero-order chi connectivity index (χ0) is 26.8. The van der Waals surface area contributed by atoms with Crippen LogP contribution in [0.3, 0.4) is 0 Å². The van der Waals surface area contributed by atoms with Crippen molar-refractivity contribution in [3.05, 3.63) is 77.4 Å². The first kappa shape index (κ1) is 25.1. The van der Waals surface area contributed by atoms with Crippen LogP contribution in [0.1, 0.15) is 22.5 Å². The van der Waals surface area contributed by atoms with E-state index in [0.29, 0.717) is 30.2 Å². The minimum Gasteiger partial charge on any atom is -0.435 e. The van der Waals surface area contributed by atoms with Gasteiger partial charge in [-0.15, -0.1) is 0 Å². The van der Waals surface area contributed by atoms with Crippen LogP contribution in [-0.2, 0) is 20.1 Å². The first-order valence-corrected chi connectivity index (χ1v) is 11.8. The van der Waals surface area contributed by atoms with Gasteiger partial charge in [-0.05, 0) is 55.8 Å². The van der Waals surface area contributed by atoms with Gasteiger partial charge in [-0.1, -0.05) is 11.2 Å². The molecule has 0 unspecified atom stereocenters. The number of pyridine rings is 1. The number of alkyl halides is 2. The summed E-state index contributed by atoms with van der Waals surface area (Å²) in [6.07, 6.45) is 3.72. The molecular weight excluding hydrogens is 494 g/mol. The summed E-state index contributed by atoms with van der Waals surface area (Å²) in [6.45, 7) is 2.35. The van der Waals surface area contributed by atoms with Crippen molar-refractivity contribution in [3.63, 3.8) is 0 Å². The molecule has 0 saturated carbocycles. The molecule has 0 atom stereocenters. The number of halogens is 2. The van der Waals surface area contributed by atoms with E-state index in [1.807, 2.05) is 67.9 Å². The van der Waals surface area contributed by atoms with E-state index in [2.05, 4.69) is 35.0 Å². The van der Waals surface area contributed by atoms with Crippen LogP contribution in [-0.4, -0.2) is 48.3 Å². The Morgan fingerprint density at radius 3 is 2.53 bits per heavy atom. The molecule has 4 aromatic heterocycles. The Kier molecular flexibility index (Phi) is 6.86. The molecule has 0 saturated heterocycles. The van der Waals surface area contributed by atoms with Crippen LogP contribution in [0.25, 0.3) is 23.0 Å². The average Bonchev–Trinajstić information content (AvgIpc) is 3.61. The second-order valence-corrected chi connectivity index (χ2v) is 8.91. The molecule has 0 aliphatic heterocycles. The molecule has 38 heavy (non-hydrogen) atoms. The minimum absolute atomic E-state index is 0.0552. The smallest absolute Gasteiger partial charge is 0.387 e. The van der Waals surface area contributed by atoms with Crippen LogP contribution in [0.15, 0.2) is 59.4 Å². The van der Waals surface area contributed by atoms with Crippen molar-refractivity contribution in [2.24, 2.45) is 7.05 Å². The topological polar surface area (TPSA) is 99.9 Å². The van der Waals surface area contributed by atoms with Gasteiger partial charge in [0, 0.05) is 49.4 Å². The molecule has 0 amide bonds. The van der Waals surface area contributed by atoms with Gasteiger partial charge in [0.25, 0.3) is 5.89 Å². The van der Waals surface area contributed by atoms with Crippen molar-refractivity contribution in [3.8, 4) is 28.7 Å².